The van der Waals surface area contributed by atoms with Gasteiger partial charge < -0.3 is 24.3 Å². The van der Waals surface area contributed by atoms with Crippen molar-refractivity contribution in [1.29, 1.82) is 0 Å². The van der Waals surface area contributed by atoms with Gasteiger partial charge in [-0.25, -0.2) is 15.0 Å². The topological polar surface area (TPSA) is 127 Å². The van der Waals surface area contributed by atoms with Gasteiger partial charge in [-0.2, -0.15) is 0 Å². The molecule has 3 aromatic carbocycles. The van der Waals surface area contributed by atoms with Gasteiger partial charge in [-0.1, -0.05) is 72.8 Å². The van der Waals surface area contributed by atoms with Crippen LogP contribution in [-0.4, -0.2) is 51.8 Å². The quantitative estimate of drug-likeness (QED) is 0.0837. The Labute approximate surface area is 254 Å². The maximum atomic E-state index is 12.0. The summed E-state index contributed by atoms with van der Waals surface area (Å²) in [6.45, 7) is 2.96. The molecular weight excluding hydrogens is 562 g/mol. The van der Waals surface area contributed by atoms with E-state index < -0.39 is 17.9 Å². The fourth-order valence-electron chi connectivity index (χ4n) is 4.98. The molecule has 0 aliphatic carbocycles. The second kappa shape index (κ2) is 13.8. The Bertz CT molecular complexity index is 1650. The van der Waals surface area contributed by atoms with Crippen LogP contribution in [0, 0.1) is 0 Å². The maximum Gasteiger partial charge on any atom is 0.306 e. The third kappa shape index (κ3) is 6.52. The Kier molecular flexibility index (Phi) is 9.46. The lowest BCUT2D eigenvalue weighted by molar-refractivity contribution is -0.200. The Hall–Kier alpha value is -5.29. The molecule has 0 saturated carbocycles. The summed E-state index contributed by atoms with van der Waals surface area (Å²) in [6, 6.07) is 28.0. The molecule has 44 heavy (non-hydrogen) atoms. The summed E-state index contributed by atoms with van der Waals surface area (Å²) in [5.41, 5.74) is 2.81. The lowest BCUT2D eigenvalue weighted by Gasteiger charge is -2.37. The molecule has 0 radical (unpaired) electrons. The molecule has 0 aliphatic rings. The number of ether oxygens (including phenoxy) is 4. The highest BCUT2D eigenvalue weighted by molar-refractivity contribution is 5.84. The van der Waals surface area contributed by atoms with Crippen molar-refractivity contribution < 1.29 is 28.5 Å². The number of hydrogen-bond donors (Lipinski definition) is 1. The van der Waals surface area contributed by atoms with Crippen molar-refractivity contribution in [3.8, 4) is 5.75 Å². The molecule has 1 unspecified atom stereocenters. The average Bonchev–Trinajstić information content (AvgIpc) is 3.48. The number of fused-ring (bicyclic) bond motifs is 1. The standard InChI is InChI=1S/C33H33N5O6/c1-23(39)42-19-10-20-43-32(44-24(2)40)38-22-36-29-30(34-21-35-31(29)38)37-33(25-11-6-4-7-12-25,26-13-8-5-9-14-26)27-15-17-28(41-3)18-16-27/h4-9,11-18,21-22,32H,10,19-20H2,1-3H3,(H,34,35,37). The van der Waals surface area contributed by atoms with Crippen LogP contribution in [0.15, 0.2) is 97.6 Å². The minimum atomic E-state index is -1.15. The number of anilines is 1. The zero-order valence-corrected chi connectivity index (χ0v) is 24.7. The SMILES string of the molecule is COc1ccc(C(Nc2ncnc3c2ncn3C(OCCCOC(C)=O)OC(C)=O)(c2ccccc2)c2ccccc2)cc1. The smallest absolute Gasteiger partial charge is 0.306 e. The summed E-state index contributed by atoms with van der Waals surface area (Å²) < 4.78 is 23.3. The van der Waals surface area contributed by atoms with E-state index in [1.807, 2.05) is 60.7 Å². The lowest BCUT2D eigenvalue weighted by Crippen LogP contribution is -2.38. The molecule has 0 bridgehead atoms. The molecule has 1 atom stereocenters. The van der Waals surface area contributed by atoms with Gasteiger partial charge in [0, 0.05) is 20.3 Å². The number of imidazole rings is 1. The number of hydrogen-bond acceptors (Lipinski definition) is 10. The van der Waals surface area contributed by atoms with Crippen LogP contribution in [0.5, 0.6) is 5.75 Å². The fraction of sp³-hybridized carbons (Fsp3) is 0.242. The molecular formula is C33H33N5O6. The third-order valence-corrected chi connectivity index (χ3v) is 6.95. The first-order valence-corrected chi connectivity index (χ1v) is 14.1. The minimum Gasteiger partial charge on any atom is -0.497 e. The van der Waals surface area contributed by atoms with E-state index in [0.717, 1.165) is 22.4 Å². The van der Waals surface area contributed by atoms with Crippen LogP contribution >= 0.6 is 0 Å². The Morgan fingerprint density at radius 1 is 0.818 bits per heavy atom. The summed E-state index contributed by atoms with van der Waals surface area (Å²) in [5, 5.41) is 3.72. The van der Waals surface area contributed by atoms with E-state index >= 15 is 0 Å². The van der Waals surface area contributed by atoms with E-state index in [0.29, 0.717) is 23.4 Å². The summed E-state index contributed by atoms with van der Waals surface area (Å²) in [4.78, 5) is 36.8. The van der Waals surface area contributed by atoms with Gasteiger partial charge in [0.1, 0.15) is 23.9 Å². The van der Waals surface area contributed by atoms with Gasteiger partial charge in [0.15, 0.2) is 17.0 Å². The molecule has 226 valence electrons. The molecule has 2 heterocycles. The number of nitrogens with one attached hydrogen (secondary N) is 1. The fourth-order valence-corrected chi connectivity index (χ4v) is 4.98. The Morgan fingerprint density at radius 3 is 2.05 bits per heavy atom. The van der Waals surface area contributed by atoms with Crippen LogP contribution in [-0.2, 0) is 29.3 Å². The van der Waals surface area contributed by atoms with Crippen molar-refractivity contribution in [2.45, 2.75) is 32.2 Å². The molecule has 5 aromatic rings. The van der Waals surface area contributed by atoms with E-state index in [1.165, 1.54) is 31.1 Å². The molecule has 1 N–H and O–H groups in total. The van der Waals surface area contributed by atoms with E-state index in [4.69, 9.17) is 18.9 Å². The highest BCUT2D eigenvalue weighted by Crippen LogP contribution is 2.41. The number of rotatable bonds is 13. The summed E-state index contributed by atoms with van der Waals surface area (Å²) in [5.74, 6) is 0.261. The monoisotopic (exact) mass is 595 g/mol. The van der Waals surface area contributed by atoms with Crippen LogP contribution in [0.2, 0.25) is 0 Å². The first-order valence-electron chi connectivity index (χ1n) is 14.1. The number of benzene rings is 3. The first kappa shape index (κ1) is 30.2. The lowest BCUT2D eigenvalue weighted by atomic mass is 9.77. The van der Waals surface area contributed by atoms with Crippen molar-refractivity contribution in [1.82, 2.24) is 19.5 Å². The highest BCUT2D eigenvalue weighted by atomic mass is 16.7. The van der Waals surface area contributed by atoms with Gasteiger partial charge in [0.05, 0.1) is 20.3 Å². The second-order valence-corrected chi connectivity index (χ2v) is 9.86. The number of nitrogens with zero attached hydrogens (tertiary/aromatic N) is 4. The molecule has 2 aromatic heterocycles. The van der Waals surface area contributed by atoms with Crippen molar-refractivity contribution in [3.63, 3.8) is 0 Å². The van der Waals surface area contributed by atoms with E-state index in [-0.39, 0.29) is 19.2 Å². The summed E-state index contributed by atoms with van der Waals surface area (Å²) >= 11 is 0. The van der Waals surface area contributed by atoms with E-state index in [9.17, 15) is 9.59 Å². The third-order valence-electron chi connectivity index (χ3n) is 6.95. The van der Waals surface area contributed by atoms with Crippen LogP contribution in [0.3, 0.4) is 0 Å². The van der Waals surface area contributed by atoms with Crippen LogP contribution in [0.25, 0.3) is 11.2 Å². The van der Waals surface area contributed by atoms with Crippen LogP contribution < -0.4 is 10.1 Å². The molecule has 11 heteroatoms. The summed E-state index contributed by atoms with van der Waals surface area (Å²) in [7, 11) is 1.63. The predicted molar refractivity (Wildman–Crippen MR) is 163 cm³/mol. The van der Waals surface area contributed by atoms with E-state index in [2.05, 4.69) is 44.5 Å². The second-order valence-electron chi connectivity index (χ2n) is 9.86. The Balaban J connectivity index is 1.59. The van der Waals surface area contributed by atoms with Crippen LogP contribution in [0.4, 0.5) is 5.82 Å². The largest absolute Gasteiger partial charge is 0.497 e. The van der Waals surface area contributed by atoms with Crippen molar-refractivity contribution in [2.24, 2.45) is 0 Å². The molecule has 5 rings (SSSR count). The molecule has 0 fully saturated rings. The maximum absolute atomic E-state index is 12.0. The number of carbonyl (C=O) groups excluding carboxylic acids is 2. The van der Waals surface area contributed by atoms with Crippen molar-refractivity contribution >= 4 is 28.9 Å². The number of carbonyl (C=O) groups is 2. The van der Waals surface area contributed by atoms with Crippen molar-refractivity contribution in [3.05, 3.63) is 114 Å². The van der Waals surface area contributed by atoms with E-state index in [1.54, 1.807) is 7.11 Å². The van der Waals surface area contributed by atoms with Gasteiger partial charge >= 0.3 is 11.9 Å². The van der Waals surface area contributed by atoms with Gasteiger partial charge in [0.2, 0.25) is 0 Å². The zero-order chi connectivity index (χ0) is 30.9. The first-order chi connectivity index (χ1) is 21.4. The summed E-state index contributed by atoms with van der Waals surface area (Å²) in [6.07, 6.45) is 2.17. The predicted octanol–water partition coefficient (Wildman–Crippen LogP) is 5.23. The molecule has 11 nitrogen and oxygen atoms in total. The van der Waals surface area contributed by atoms with Crippen molar-refractivity contribution in [2.75, 3.05) is 25.6 Å². The van der Waals surface area contributed by atoms with Gasteiger partial charge in [-0.05, 0) is 28.8 Å². The highest BCUT2D eigenvalue weighted by Gasteiger charge is 2.38. The minimum absolute atomic E-state index is 0.156. The van der Waals surface area contributed by atoms with Crippen LogP contribution in [0.1, 0.15) is 43.4 Å². The zero-order valence-electron chi connectivity index (χ0n) is 24.7. The Morgan fingerprint density at radius 2 is 1.45 bits per heavy atom. The molecule has 0 amide bonds. The molecule has 0 saturated heterocycles. The normalized spacial score (nSPS) is 12.0. The molecule has 0 spiro atoms. The van der Waals surface area contributed by atoms with Gasteiger partial charge in [0.25, 0.3) is 6.41 Å². The van der Waals surface area contributed by atoms with Gasteiger partial charge in [-0.15, -0.1) is 0 Å². The number of aromatic nitrogens is 4. The number of esters is 2. The number of methoxy groups -OCH3 is 1. The van der Waals surface area contributed by atoms with Gasteiger partial charge in [-0.3, -0.25) is 14.2 Å². The molecule has 0 aliphatic heterocycles. The average molecular weight is 596 g/mol.